The lowest BCUT2D eigenvalue weighted by Gasteiger charge is -2.36. The highest BCUT2D eigenvalue weighted by atomic mass is 35.5. The third-order valence-corrected chi connectivity index (χ3v) is 8.14. The zero-order valence-electron chi connectivity index (χ0n) is 23.0. The third-order valence-electron chi connectivity index (χ3n) is 7.91. The van der Waals surface area contributed by atoms with Gasteiger partial charge in [0.15, 0.2) is 0 Å². The fraction of sp³-hybridized carbons (Fsp3) is 0.448. The van der Waals surface area contributed by atoms with Crippen molar-refractivity contribution in [2.75, 3.05) is 43.0 Å². The summed E-state index contributed by atoms with van der Waals surface area (Å²) in [7, 11) is 0. The molecule has 1 aliphatic heterocycles. The number of carbonyl (C=O) groups is 1. The Kier molecular flexibility index (Phi) is 8.74. The van der Waals surface area contributed by atoms with Gasteiger partial charge in [0, 0.05) is 54.4 Å². The molecule has 0 atom stereocenters. The highest BCUT2D eigenvalue weighted by molar-refractivity contribution is 6.31. The van der Waals surface area contributed by atoms with Crippen LogP contribution >= 0.6 is 11.6 Å². The lowest BCUT2D eigenvalue weighted by molar-refractivity contribution is -0.388. The molecule has 3 aromatic rings. The first kappa shape index (κ1) is 29.8. The molecule has 0 unspecified atom stereocenters. The van der Waals surface area contributed by atoms with E-state index in [0.29, 0.717) is 56.9 Å². The minimum Gasteiger partial charge on any atom is -0.382 e. The van der Waals surface area contributed by atoms with Crippen LogP contribution in [-0.4, -0.2) is 65.6 Å². The summed E-state index contributed by atoms with van der Waals surface area (Å²) < 4.78 is 45.8. The van der Waals surface area contributed by atoms with Gasteiger partial charge in [0.25, 0.3) is 5.69 Å². The van der Waals surface area contributed by atoms with Crippen molar-refractivity contribution in [1.29, 1.82) is 0 Å². The molecule has 2 aromatic carbocycles. The number of aromatic nitrogens is 1. The number of pyridine rings is 1. The Morgan fingerprint density at radius 2 is 1.81 bits per heavy atom. The van der Waals surface area contributed by atoms with Crippen LogP contribution in [0.2, 0.25) is 5.02 Å². The molecule has 0 bridgehead atoms. The molecule has 1 amide bonds. The van der Waals surface area contributed by atoms with E-state index in [-0.39, 0.29) is 30.3 Å². The smallest absolute Gasteiger partial charge is 0.382 e. The lowest BCUT2D eigenvalue weighted by Crippen LogP contribution is -2.50. The Labute approximate surface area is 245 Å². The Bertz CT molecular complexity index is 1470. The quantitative estimate of drug-likeness (QED) is 0.252. The molecule has 2 heterocycles. The molecule has 0 radical (unpaired) electrons. The monoisotopic (exact) mass is 605 g/mol. The van der Waals surface area contributed by atoms with Gasteiger partial charge in [0.2, 0.25) is 5.91 Å². The maximum Gasteiger partial charge on any atom is 0.423 e. The number of carbonyl (C=O) groups excluding carboxylic acids is 1. The van der Waals surface area contributed by atoms with Crippen molar-refractivity contribution in [2.24, 2.45) is 0 Å². The molecule has 1 aromatic heterocycles. The van der Waals surface area contributed by atoms with E-state index in [2.05, 4.69) is 10.2 Å². The minimum atomic E-state index is -4.83. The van der Waals surface area contributed by atoms with Crippen molar-refractivity contribution >= 4 is 45.6 Å². The molecule has 5 rings (SSSR count). The molecule has 224 valence electrons. The van der Waals surface area contributed by atoms with Crippen molar-refractivity contribution in [2.45, 2.75) is 50.9 Å². The summed E-state index contributed by atoms with van der Waals surface area (Å²) in [5, 5.41) is 15.7. The number of hydrogen-bond donors (Lipinski definition) is 1. The zero-order chi connectivity index (χ0) is 30.0. The number of ether oxygens (including phenoxy) is 1. The number of alkyl halides is 3. The van der Waals surface area contributed by atoms with Crippen LogP contribution in [0.1, 0.15) is 36.8 Å². The van der Waals surface area contributed by atoms with E-state index in [0.717, 1.165) is 34.4 Å². The van der Waals surface area contributed by atoms with Crippen LogP contribution in [0.4, 0.5) is 30.4 Å². The van der Waals surface area contributed by atoms with E-state index in [1.54, 1.807) is 4.90 Å². The second kappa shape index (κ2) is 12.3. The van der Waals surface area contributed by atoms with Crippen LogP contribution < -0.4 is 10.2 Å². The summed E-state index contributed by atoms with van der Waals surface area (Å²) in [4.78, 5) is 31.5. The molecular weight excluding hydrogens is 575 g/mol. The van der Waals surface area contributed by atoms with Crippen LogP contribution in [0.5, 0.6) is 0 Å². The number of nitro benzene ring substituents is 1. The number of nitrogens with one attached hydrogen (secondary N) is 1. The largest absolute Gasteiger partial charge is 0.423 e. The number of rotatable bonds is 7. The number of aryl methyl sites for hydroxylation is 1. The highest BCUT2D eigenvalue weighted by Crippen LogP contribution is 2.38. The second-order valence-electron chi connectivity index (χ2n) is 10.7. The van der Waals surface area contributed by atoms with Crippen molar-refractivity contribution in [3.8, 4) is 0 Å². The van der Waals surface area contributed by atoms with Crippen molar-refractivity contribution < 1.29 is 27.6 Å². The average Bonchev–Trinajstić information content (AvgIpc) is 2.96. The lowest BCUT2D eigenvalue weighted by atomic mass is 9.92. The minimum absolute atomic E-state index is 0.0197. The first-order valence-corrected chi connectivity index (χ1v) is 14.2. The zero-order valence-corrected chi connectivity index (χ0v) is 23.7. The van der Waals surface area contributed by atoms with E-state index in [9.17, 15) is 28.1 Å². The maximum atomic E-state index is 13.3. The molecular formula is C29H31ClF3N5O4. The third kappa shape index (κ3) is 6.87. The SMILES string of the molecule is Cc1cc(N2CCN(C(=O)CO[C@H]3CC[C@H](Nc4ccc([N+](=O)[O-])c(C(F)(F)F)c4)CC3)CC2)nc2ccc(Cl)cc12. The number of nitro groups is 1. The summed E-state index contributed by atoms with van der Waals surface area (Å²) in [6, 6.07) is 10.5. The molecule has 42 heavy (non-hydrogen) atoms. The Balaban J connectivity index is 1.07. The van der Waals surface area contributed by atoms with Crippen molar-refractivity contribution in [1.82, 2.24) is 9.88 Å². The van der Waals surface area contributed by atoms with Gasteiger partial charge in [-0.3, -0.25) is 14.9 Å². The van der Waals surface area contributed by atoms with Gasteiger partial charge < -0.3 is 19.9 Å². The van der Waals surface area contributed by atoms with Gasteiger partial charge in [-0.25, -0.2) is 4.98 Å². The molecule has 9 nitrogen and oxygen atoms in total. The molecule has 2 fully saturated rings. The summed E-state index contributed by atoms with van der Waals surface area (Å²) in [6.45, 7) is 4.46. The van der Waals surface area contributed by atoms with Crippen LogP contribution in [-0.2, 0) is 15.7 Å². The van der Waals surface area contributed by atoms with Gasteiger partial charge in [-0.1, -0.05) is 11.6 Å². The highest BCUT2D eigenvalue weighted by Gasteiger charge is 2.38. The van der Waals surface area contributed by atoms with Crippen molar-refractivity contribution in [3.05, 3.63) is 68.7 Å². The maximum absolute atomic E-state index is 13.3. The Morgan fingerprint density at radius 3 is 2.48 bits per heavy atom. The number of nitrogens with zero attached hydrogens (tertiary/aromatic N) is 4. The van der Waals surface area contributed by atoms with Gasteiger partial charge in [0.05, 0.1) is 16.5 Å². The molecule has 0 spiro atoms. The van der Waals surface area contributed by atoms with Crippen LogP contribution in [0.15, 0.2) is 42.5 Å². The topological polar surface area (TPSA) is 101 Å². The van der Waals surface area contributed by atoms with E-state index in [4.69, 9.17) is 21.3 Å². The number of halogens is 4. The number of piperazine rings is 1. The fourth-order valence-corrected chi connectivity index (χ4v) is 5.77. The predicted molar refractivity (Wildman–Crippen MR) is 154 cm³/mol. The first-order chi connectivity index (χ1) is 20.0. The number of hydrogen-bond acceptors (Lipinski definition) is 7. The summed E-state index contributed by atoms with van der Waals surface area (Å²) >= 11 is 6.13. The van der Waals surface area contributed by atoms with Gasteiger partial charge in [-0.15, -0.1) is 0 Å². The van der Waals surface area contributed by atoms with E-state index in [1.807, 2.05) is 31.2 Å². The van der Waals surface area contributed by atoms with Crippen LogP contribution in [0, 0.1) is 17.0 Å². The molecule has 13 heteroatoms. The first-order valence-electron chi connectivity index (χ1n) is 13.8. The number of amides is 1. The van der Waals surface area contributed by atoms with E-state index >= 15 is 0 Å². The summed E-state index contributed by atoms with van der Waals surface area (Å²) in [5.74, 6) is 0.803. The molecule has 1 N–H and O–H groups in total. The Hall–Kier alpha value is -3.64. The van der Waals surface area contributed by atoms with Gasteiger partial charge in [-0.05, 0) is 74.6 Å². The molecule has 2 aliphatic rings. The summed E-state index contributed by atoms with van der Waals surface area (Å²) in [6.07, 6.45) is -2.37. The summed E-state index contributed by atoms with van der Waals surface area (Å²) in [5.41, 5.74) is -0.0893. The van der Waals surface area contributed by atoms with Gasteiger partial charge >= 0.3 is 6.18 Å². The van der Waals surface area contributed by atoms with Gasteiger partial charge in [0.1, 0.15) is 18.0 Å². The second-order valence-corrected chi connectivity index (χ2v) is 11.2. The van der Waals surface area contributed by atoms with Gasteiger partial charge in [-0.2, -0.15) is 13.2 Å². The van der Waals surface area contributed by atoms with Crippen molar-refractivity contribution in [3.63, 3.8) is 0 Å². The Morgan fingerprint density at radius 1 is 1.10 bits per heavy atom. The standard InChI is InChI=1S/C29H31ClF3N5O4/c1-18-14-27(35-25-8-2-19(30)15-23(18)25)36-10-12-37(13-11-36)28(39)17-42-22-6-3-20(4-7-22)34-21-5-9-26(38(40)41)24(16-21)29(31,32)33/h2,5,8-9,14-16,20,22,34H,3-4,6-7,10-13,17H2,1H3/t20-,22-. The molecule has 1 saturated heterocycles. The average molecular weight is 606 g/mol. The van der Waals surface area contributed by atoms with Crippen LogP contribution in [0.3, 0.4) is 0 Å². The normalized spacial score (nSPS) is 19.6. The van der Waals surface area contributed by atoms with E-state index < -0.39 is 22.4 Å². The number of fused-ring (bicyclic) bond motifs is 1. The number of benzene rings is 2. The van der Waals surface area contributed by atoms with E-state index in [1.165, 1.54) is 6.07 Å². The van der Waals surface area contributed by atoms with Crippen LogP contribution in [0.25, 0.3) is 10.9 Å². The predicted octanol–water partition coefficient (Wildman–Crippen LogP) is 6.21. The molecule has 1 aliphatic carbocycles. The fourth-order valence-electron chi connectivity index (χ4n) is 5.60. The molecule has 1 saturated carbocycles. The number of anilines is 2.